The number of nitrogens with one attached hydrogen (secondary N) is 1. The van der Waals surface area contributed by atoms with E-state index in [4.69, 9.17) is 4.74 Å². The van der Waals surface area contributed by atoms with Crippen molar-refractivity contribution in [3.63, 3.8) is 0 Å². The van der Waals surface area contributed by atoms with Crippen molar-refractivity contribution in [3.05, 3.63) is 99.9 Å². The number of amides is 1. The number of nitro groups is 1. The topological polar surface area (TPSA) is 111 Å². The number of nitrogens with zero attached hydrogens (tertiary/aromatic N) is 2. The van der Waals surface area contributed by atoms with Crippen LogP contribution in [0.1, 0.15) is 15.9 Å². The lowest BCUT2D eigenvalue weighted by molar-refractivity contribution is -0.384. The summed E-state index contributed by atoms with van der Waals surface area (Å²) in [5, 5.41) is 13.6. The largest absolute Gasteiger partial charge is 0.452 e. The Morgan fingerprint density at radius 2 is 1.76 bits per heavy atom. The van der Waals surface area contributed by atoms with Crippen LogP contribution in [0.25, 0.3) is 22.2 Å². The number of halogens is 1. The zero-order valence-corrected chi connectivity index (χ0v) is 17.9. The molecule has 0 aliphatic rings. The number of carbonyl (C=O) groups is 2. The number of hydrogen-bond acceptors (Lipinski definition) is 6. The summed E-state index contributed by atoms with van der Waals surface area (Å²) in [5.74, 6) is -2.44. The van der Waals surface area contributed by atoms with E-state index in [0.717, 1.165) is 23.8 Å². The Morgan fingerprint density at radius 1 is 1.06 bits per heavy atom. The van der Waals surface area contributed by atoms with Gasteiger partial charge < -0.3 is 10.1 Å². The summed E-state index contributed by atoms with van der Waals surface area (Å²) in [4.78, 5) is 40.2. The van der Waals surface area contributed by atoms with E-state index in [2.05, 4.69) is 10.3 Å². The van der Waals surface area contributed by atoms with Crippen LogP contribution in [0.2, 0.25) is 0 Å². The third-order valence-corrected chi connectivity index (χ3v) is 5.16. The van der Waals surface area contributed by atoms with Gasteiger partial charge in [-0.15, -0.1) is 0 Å². The van der Waals surface area contributed by atoms with Crippen LogP contribution >= 0.6 is 0 Å². The molecule has 0 spiro atoms. The fourth-order valence-corrected chi connectivity index (χ4v) is 3.56. The highest BCUT2D eigenvalue weighted by Gasteiger charge is 2.21. The van der Waals surface area contributed by atoms with Crippen LogP contribution < -0.4 is 5.32 Å². The molecule has 0 aliphatic heterocycles. The number of benzene rings is 3. The number of ether oxygens (including phenoxy) is 1. The van der Waals surface area contributed by atoms with Gasteiger partial charge in [0.25, 0.3) is 11.6 Å². The molecule has 3 aromatic carbocycles. The summed E-state index contributed by atoms with van der Waals surface area (Å²) in [6, 6.07) is 19.2. The lowest BCUT2D eigenvalue weighted by atomic mass is 9.98. The minimum Gasteiger partial charge on any atom is -0.452 e. The van der Waals surface area contributed by atoms with Gasteiger partial charge in [-0.3, -0.25) is 14.9 Å². The van der Waals surface area contributed by atoms with Crippen LogP contribution in [0.5, 0.6) is 0 Å². The van der Waals surface area contributed by atoms with E-state index in [1.807, 2.05) is 30.3 Å². The lowest BCUT2D eigenvalue weighted by Gasteiger charge is -2.14. The Morgan fingerprint density at radius 3 is 2.50 bits per heavy atom. The molecule has 0 bridgehead atoms. The number of non-ortho nitro benzene ring substituents is 1. The molecule has 4 aromatic rings. The molecule has 1 amide bonds. The summed E-state index contributed by atoms with van der Waals surface area (Å²) < 4.78 is 19.2. The molecule has 0 aliphatic carbocycles. The molecule has 9 heteroatoms. The molecular formula is C25H18FN3O5. The summed E-state index contributed by atoms with van der Waals surface area (Å²) in [6.45, 7) is 1.04. The van der Waals surface area contributed by atoms with Crippen molar-refractivity contribution in [1.29, 1.82) is 0 Å². The van der Waals surface area contributed by atoms with Crippen molar-refractivity contribution in [1.82, 2.24) is 4.98 Å². The molecule has 0 unspecified atom stereocenters. The highest BCUT2D eigenvalue weighted by atomic mass is 19.1. The van der Waals surface area contributed by atoms with Gasteiger partial charge in [-0.1, -0.05) is 48.5 Å². The first-order valence-corrected chi connectivity index (χ1v) is 10.2. The third kappa shape index (κ3) is 4.58. The van der Waals surface area contributed by atoms with Gasteiger partial charge in [0.15, 0.2) is 6.61 Å². The molecule has 0 atom stereocenters. The minimum atomic E-state index is -0.853. The van der Waals surface area contributed by atoms with Crippen molar-refractivity contribution < 1.29 is 23.6 Å². The van der Waals surface area contributed by atoms with E-state index in [0.29, 0.717) is 22.2 Å². The van der Waals surface area contributed by atoms with Crippen LogP contribution in [0.3, 0.4) is 0 Å². The van der Waals surface area contributed by atoms with E-state index >= 15 is 0 Å². The monoisotopic (exact) mass is 459 g/mol. The number of pyridine rings is 1. The molecule has 0 saturated carbocycles. The number of nitro benzene ring substituents is 1. The van der Waals surface area contributed by atoms with Crippen molar-refractivity contribution in [3.8, 4) is 11.3 Å². The van der Waals surface area contributed by atoms with E-state index in [-0.39, 0.29) is 16.9 Å². The SMILES string of the molecule is Cc1c(-c2ccccc2)nc2ccccc2c1C(=O)OCC(=O)Nc1cc([N+](=O)[O-])ccc1F. The predicted molar refractivity (Wildman–Crippen MR) is 124 cm³/mol. The number of para-hydroxylation sites is 1. The normalized spacial score (nSPS) is 10.6. The standard InChI is InChI=1S/C25H18FN3O5/c1-15-23(18-9-5-6-10-20(18)28-24(15)16-7-3-2-4-8-16)25(31)34-14-22(30)27-21-13-17(29(32)33)11-12-19(21)26/h2-13H,14H2,1H3,(H,27,30). The highest BCUT2D eigenvalue weighted by molar-refractivity contribution is 6.07. The number of rotatable bonds is 6. The molecule has 0 fully saturated rings. The first-order chi connectivity index (χ1) is 16.3. The lowest BCUT2D eigenvalue weighted by Crippen LogP contribution is -2.22. The zero-order chi connectivity index (χ0) is 24.2. The molecule has 1 aromatic heterocycles. The smallest absolute Gasteiger partial charge is 0.339 e. The number of esters is 1. The fraction of sp³-hybridized carbons (Fsp3) is 0.0800. The van der Waals surface area contributed by atoms with Gasteiger partial charge in [-0.05, 0) is 24.6 Å². The minimum absolute atomic E-state index is 0.263. The van der Waals surface area contributed by atoms with Gasteiger partial charge in [0.1, 0.15) is 5.82 Å². The summed E-state index contributed by atoms with van der Waals surface area (Å²) in [6.07, 6.45) is 0. The Balaban J connectivity index is 1.59. The molecule has 1 heterocycles. The number of carbonyl (C=O) groups excluding carboxylic acids is 2. The van der Waals surface area contributed by atoms with Crippen molar-refractivity contribution in [2.24, 2.45) is 0 Å². The predicted octanol–water partition coefficient (Wildman–Crippen LogP) is 5.05. The first-order valence-electron chi connectivity index (χ1n) is 10.2. The number of aromatic nitrogens is 1. The second-order valence-electron chi connectivity index (χ2n) is 7.39. The Labute approximate surface area is 193 Å². The average Bonchev–Trinajstić information content (AvgIpc) is 2.84. The van der Waals surface area contributed by atoms with Gasteiger partial charge in [0.2, 0.25) is 0 Å². The zero-order valence-electron chi connectivity index (χ0n) is 17.9. The first kappa shape index (κ1) is 22.5. The Hall–Kier alpha value is -4.66. The molecular weight excluding hydrogens is 441 g/mol. The second-order valence-corrected chi connectivity index (χ2v) is 7.39. The molecule has 4 rings (SSSR count). The van der Waals surface area contributed by atoms with Crippen LogP contribution in [0, 0.1) is 22.9 Å². The van der Waals surface area contributed by atoms with Crippen LogP contribution in [-0.2, 0) is 9.53 Å². The quantitative estimate of drug-likeness (QED) is 0.245. The molecule has 34 heavy (non-hydrogen) atoms. The van der Waals surface area contributed by atoms with Crippen LogP contribution in [0.15, 0.2) is 72.8 Å². The van der Waals surface area contributed by atoms with Gasteiger partial charge in [-0.2, -0.15) is 0 Å². The van der Waals surface area contributed by atoms with Crippen molar-refractivity contribution in [2.45, 2.75) is 6.92 Å². The average molecular weight is 459 g/mol. The van der Waals surface area contributed by atoms with Crippen LogP contribution in [0.4, 0.5) is 15.8 Å². The summed E-state index contributed by atoms with van der Waals surface area (Å²) in [7, 11) is 0. The summed E-state index contributed by atoms with van der Waals surface area (Å²) >= 11 is 0. The van der Waals surface area contributed by atoms with Crippen molar-refractivity contribution >= 4 is 34.2 Å². The Bertz CT molecular complexity index is 1420. The fourth-order valence-electron chi connectivity index (χ4n) is 3.56. The molecule has 0 saturated heterocycles. The highest BCUT2D eigenvalue weighted by Crippen LogP contribution is 2.30. The molecule has 1 N–H and O–H groups in total. The Kier molecular flexibility index (Phi) is 6.26. The van der Waals surface area contributed by atoms with Gasteiger partial charge in [0, 0.05) is 23.1 Å². The van der Waals surface area contributed by atoms with E-state index < -0.39 is 29.2 Å². The maximum Gasteiger partial charge on any atom is 0.339 e. The van der Waals surface area contributed by atoms with Gasteiger partial charge >= 0.3 is 5.97 Å². The van der Waals surface area contributed by atoms with Gasteiger partial charge in [-0.25, -0.2) is 14.2 Å². The maximum atomic E-state index is 13.9. The third-order valence-electron chi connectivity index (χ3n) is 5.16. The molecule has 170 valence electrons. The summed E-state index contributed by atoms with van der Waals surface area (Å²) in [5.41, 5.74) is 2.09. The van der Waals surface area contributed by atoms with Gasteiger partial charge in [0.05, 0.1) is 27.4 Å². The van der Waals surface area contributed by atoms with E-state index in [9.17, 15) is 24.1 Å². The maximum absolute atomic E-state index is 13.9. The molecule has 0 radical (unpaired) electrons. The van der Waals surface area contributed by atoms with Crippen LogP contribution in [-0.4, -0.2) is 28.4 Å². The number of fused-ring (bicyclic) bond motifs is 1. The van der Waals surface area contributed by atoms with E-state index in [1.54, 1.807) is 31.2 Å². The number of anilines is 1. The van der Waals surface area contributed by atoms with Crippen molar-refractivity contribution in [2.75, 3.05) is 11.9 Å². The second kappa shape index (κ2) is 9.45. The molecule has 8 nitrogen and oxygen atoms in total. The number of hydrogen-bond donors (Lipinski definition) is 1. The van der Waals surface area contributed by atoms with E-state index in [1.165, 1.54) is 0 Å².